The molecule has 0 aliphatic carbocycles. The van der Waals surface area contributed by atoms with Crippen molar-refractivity contribution in [2.45, 2.75) is 20.8 Å². The van der Waals surface area contributed by atoms with Crippen LogP contribution in [0.15, 0.2) is 36.5 Å². The zero-order valence-electron chi connectivity index (χ0n) is 10.3. The average molecular weight is 242 g/mol. The first-order valence-electron chi connectivity index (χ1n) is 4.44. The van der Waals surface area contributed by atoms with Crippen LogP contribution in [0.25, 0.3) is 0 Å². The van der Waals surface area contributed by atoms with Gasteiger partial charge in [-0.2, -0.15) is 0 Å². The quantitative estimate of drug-likeness (QED) is 0.583. The van der Waals surface area contributed by atoms with E-state index >= 15 is 0 Å². The Bertz CT molecular complexity index is 278. The second kappa shape index (κ2) is 11.9. The lowest BCUT2D eigenvalue weighted by Gasteiger charge is -1.79. The van der Waals surface area contributed by atoms with Gasteiger partial charge in [0.05, 0.1) is 0 Å². The molecule has 0 aromatic rings. The van der Waals surface area contributed by atoms with Crippen LogP contribution in [0, 0.1) is 0 Å². The van der Waals surface area contributed by atoms with Crippen LogP contribution in [0.2, 0.25) is 0 Å². The summed E-state index contributed by atoms with van der Waals surface area (Å²) in [5.41, 5.74) is 0.926. The zero-order valence-corrected chi connectivity index (χ0v) is 10.3. The van der Waals surface area contributed by atoms with Gasteiger partial charge in [-0.3, -0.25) is 4.79 Å². The molecular formula is C12H18O5. The molecule has 0 rings (SSSR count). The minimum atomic E-state index is -0.935. The molecule has 2 N–H and O–H groups in total. The topological polar surface area (TPSA) is 91.7 Å². The molecule has 0 radical (unpaired) electrons. The molecule has 0 amide bonds. The molecule has 0 aliphatic heterocycles. The molecule has 0 bridgehead atoms. The van der Waals surface area contributed by atoms with Gasteiger partial charge in [0.25, 0.3) is 0 Å². The molecule has 5 heteroatoms. The fraction of sp³-hybridized carbons (Fsp3) is 0.250. The van der Waals surface area contributed by atoms with Gasteiger partial charge in [-0.15, -0.1) is 0 Å². The summed E-state index contributed by atoms with van der Waals surface area (Å²) in [5, 5.41) is 15.8. The standard InChI is InChI=1S/2C4H6O2.C4H6O/c2*1-3(2)4(5)6;1-4(2)3-5/h2*1H2,2H3,(H,5,6);3H,1H2,2H3. The fourth-order valence-electron chi connectivity index (χ4n) is 0. The van der Waals surface area contributed by atoms with Crippen LogP contribution < -0.4 is 0 Å². The summed E-state index contributed by atoms with van der Waals surface area (Å²) in [6, 6.07) is 0. The van der Waals surface area contributed by atoms with Gasteiger partial charge in [0, 0.05) is 11.1 Å². The Hall–Kier alpha value is -2.17. The van der Waals surface area contributed by atoms with Gasteiger partial charge in [-0.25, -0.2) is 9.59 Å². The summed E-state index contributed by atoms with van der Waals surface area (Å²) in [6.07, 6.45) is 0.722. The monoisotopic (exact) mass is 242 g/mol. The van der Waals surface area contributed by atoms with E-state index in [0.717, 1.165) is 6.29 Å². The van der Waals surface area contributed by atoms with E-state index in [2.05, 4.69) is 19.7 Å². The number of aldehydes is 1. The fourth-order valence-corrected chi connectivity index (χ4v) is 0. The molecule has 0 saturated heterocycles. The van der Waals surface area contributed by atoms with E-state index in [1.54, 1.807) is 6.92 Å². The van der Waals surface area contributed by atoms with Crippen LogP contribution in [-0.4, -0.2) is 28.4 Å². The van der Waals surface area contributed by atoms with Gasteiger partial charge < -0.3 is 10.2 Å². The van der Waals surface area contributed by atoms with E-state index in [-0.39, 0.29) is 11.1 Å². The van der Waals surface area contributed by atoms with E-state index in [1.807, 2.05) is 0 Å². The van der Waals surface area contributed by atoms with E-state index in [1.165, 1.54) is 13.8 Å². The van der Waals surface area contributed by atoms with Crippen molar-refractivity contribution in [2.24, 2.45) is 0 Å². The predicted octanol–water partition coefficient (Wildman–Crippen LogP) is 2.06. The molecule has 96 valence electrons. The third-order valence-corrected chi connectivity index (χ3v) is 0.931. The molecule has 0 saturated carbocycles. The predicted molar refractivity (Wildman–Crippen MR) is 65.8 cm³/mol. The molecule has 0 aromatic carbocycles. The number of carbonyl (C=O) groups excluding carboxylic acids is 1. The van der Waals surface area contributed by atoms with Crippen LogP contribution in [0.1, 0.15) is 20.8 Å². The normalized spacial score (nSPS) is 7.24. The maximum absolute atomic E-state index is 9.60. The highest BCUT2D eigenvalue weighted by Crippen LogP contribution is 1.81. The summed E-state index contributed by atoms with van der Waals surface area (Å²) >= 11 is 0. The Balaban J connectivity index is -0.000000174. The van der Waals surface area contributed by atoms with Crippen LogP contribution >= 0.6 is 0 Å². The third-order valence-electron chi connectivity index (χ3n) is 0.931. The molecule has 5 nitrogen and oxygen atoms in total. The maximum Gasteiger partial charge on any atom is 0.330 e. The minimum Gasteiger partial charge on any atom is -0.478 e. The highest BCUT2D eigenvalue weighted by molar-refractivity contribution is 5.85. The highest BCUT2D eigenvalue weighted by Gasteiger charge is 1.90. The number of allylic oxidation sites excluding steroid dienone is 1. The Morgan fingerprint density at radius 1 is 0.882 bits per heavy atom. The second-order valence-electron chi connectivity index (χ2n) is 3.14. The van der Waals surface area contributed by atoms with Crippen molar-refractivity contribution < 1.29 is 24.6 Å². The average Bonchev–Trinajstić information content (AvgIpc) is 2.19. The van der Waals surface area contributed by atoms with Gasteiger partial charge in [-0.05, 0) is 26.3 Å². The second-order valence-corrected chi connectivity index (χ2v) is 3.14. The summed E-state index contributed by atoms with van der Waals surface area (Å²) in [4.78, 5) is 28.6. The van der Waals surface area contributed by atoms with Crippen LogP contribution in [0.5, 0.6) is 0 Å². The first kappa shape index (κ1) is 20.3. The lowest BCUT2D eigenvalue weighted by atomic mass is 10.4. The van der Waals surface area contributed by atoms with Crippen LogP contribution in [-0.2, 0) is 14.4 Å². The number of rotatable bonds is 3. The molecule has 17 heavy (non-hydrogen) atoms. The molecule has 0 spiro atoms. The summed E-state index contributed by atoms with van der Waals surface area (Å²) in [5.74, 6) is -1.87. The summed E-state index contributed by atoms with van der Waals surface area (Å²) in [7, 11) is 0. The third kappa shape index (κ3) is 31.6. The number of hydrogen-bond acceptors (Lipinski definition) is 3. The summed E-state index contributed by atoms with van der Waals surface area (Å²) in [6.45, 7) is 14.2. The van der Waals surface area contributed by atoms with Crippen molar-refractivity contribution in [1.29, 1.82) is 0 Å². The Labute approximate surface area is 101 Å². The lowest BCUT2D eigenvalue weighted by molar-refractivity contribution is -0.133. The van der Waals surface area contributed by atoms with E-state index in [9.17, 15) is 14.4 Å². The van der Waals surface area contributed by atoms with Gasteiger partial charge in [-0.1, -0.05) is 19.7 Å². The van der Waals surface area contributed by atoms with Gasteiger partial charge >= 0.3 is 11.9 Å². The number of carboxylic acid groups (broad SMARTS) is 2. The van der Waals surface area contributed by atoms with E-state index in [0.29, 0.717) is 5.57 Å². The molecule has 0 heterocycles. The van der Waals surface area contributed by atoms with E-state index < -0.39 is 11.9 Å². The Morgan fingerprint density at radius 2 is 1.00 bits per heavy atom. The van der Waals surface area contributed by atoms with Crippen LogP contribution in [0.3, 0.4) is 0 Å². The zero-order chi connectivity index (χ0) is 14.6. The van der Waals surface area contributed by atoms with Crippen molar-refractivity contribution in [3.8, 4) is 0 Å². The molecule has 0 unspecified atom stereocenters. The largest absolute Gasteiger partial charge is 0.478 e. The van der Waals surface area contributed by atoms with Crippen molar-refractivity contribution in [2.75, 3.05) is 0 Å². The molecule has 0 aromatic heterocycles. The molecule has 0 aliphatic rings. The number of carboxylic acids is 2. The highest BCUT2D eigenvalue weighted by atomic mass is 16.4. The number of hydrogen-bond donors (Lipinski definition) is 2. The number of aliphatic carboxylic acids is 2. The molecule has 0 fully saturated rings. The van der Waals surface area contributed by atoms with Crippen LogP contribution in [0.4, 0.5) is 0 Å². The summed E-state index contributed by atoms with van der Waals surface area (Å²) < 4.78 is 0. The smallest absolute Gasteiger partial charge is 0.330 e. The van der Waals surface area contributed by atoms with Gasteiger partial charge in [0.15, 0.2) is 0 Å². The molecular weight excluding hydrogens is 224 g/mol. The van der Waals surface area contributed by atoms with Gasteiger partial charge in [0.2, 0.25) is 0 Å². The van der Waals surface area contributed by atoms with Gasteiger partial charge in [0.1, 0.15) is 6.29 Å². The van der Waals surface area contributed by atoms with Crippen molar-refractivity contribution >= 4 is 18.2 Å². The Kier molecular flexibility index (Phi) is 14.2. The van der Waals surface area contributed by atoms with Crippen molar-refractivity contribution in [1.82, 2.24) is 0 Å². The SMILES string of the molecule is C=C(C)C(=O)O.C=C(C)C(=O)O.C=C(C)C=O. The number of carbonyl (C=O) groups is 3. The van der Waals surface area contributed by atoms with E-state index in [4.69, 9.17) is 10.2 Å². The van der Waals surface area contributed by atoms with Crippen molar-refractivity contribution in [3.63, 3.8) is 0 Å². The van der Waals surface area contributed by atoms with Crippen molar-refractivity contribution in [3.05, 3.63) is 36.5 Å². The Morgan fingerprint density at radius 3 is 1.00 bits per heavy atom. The molecule has 0 atom stereocenters. The lowest BCUT2D eigenvalue weighted by Crippen LogP contribution is -1.92. The first-order chi connectivity index (χ1) is 7.56. The minimum absolute atomic E-state index is 0.176. The maximum atomic E-state index is 9.60. The first-order valence-corrected chi connectivity index (χ1v) is 4.44.